The maximum absolute atomic E-state index is 12.7. The molecule has 1 amide bonds. The number of aryl methyl sites for hydroxylation is 1. The Hall–Kier alpha value is -3.19. The summed E-state index contributed by atoms with van der Waals surface area (Å²) in [6, 6.07) is 11.9. The van der Waals surface area contributed by atoms with Crippen LogP contribution in [0.2, 0.25) is 0 Å². The molecule has 1 aliphatic heterocycles. The van der Waals surface area contributed by atoms with Crippen LogP contribution in [0.15, 0.2) is 42.5 Å². The van der Waals surface area contributed by atoms with Gasteiger partial charge in [-0.2, -0.15) is 0 Å². The van der Waals surface area contributed by atoms with Crippen LogP contribution >= 0.6 is 0 Å². The maximum Gasteiger partial charge on any atom is 0.231 e. The van der Waals surface area contributed by atoms with E-state index in [1.807, 2.05) is 47.4 Å². The number of rotatable bonds is 15. The van der Waals surface area contributed by atoms with Gasteiger partial charge in [-0.1, -0.05) is 31.2 Å². The number of ether oxygens (including phenoxy) is 4. The van der Waals surface area contributed by atoms with Crippen LogP contribution in [0.1, 0.15) is 43.7 Å². The van der Waals surface area contributed by atoms with Crippen molar-refractivity contribution in [2.24, 2.45) is 0 Å². The van der Waals surface area contributed by atoms with Crippen molar-refractivity contribution in [3.63, 3.8) is 0 Å². The lowest BCUT2D eigenvalue weighted by Gasteiger charge is -2.21. The summed E-state index contributed by atoms with van der Waals surface area (Å²) in [5, 5.41) is 3.50. The van der Waals surface area contributed by atoms with E-state index >= 15 is 0 Å². The van der Waals surface area contributed by atoms with Gasteiger partial charge in [-0.3, -0.25) is 4.79 Å². The molecule has 0 spiro atoms. The van der Waals surface area contributed by atoms with Gasteiger partial charge in [-0.25, -0.2) is 0 Å². The van der Waals surface area contributed by atoms with Crippen molar-refractivity contribution in [1.82, 2.24) is 10.2 Å². The van der Waals surface area contributed by atoms with Crippen LogP contribution in [0.5, 0.6) is 23.0 Å². The molecule has 1 N–H and O–H groups in total. The molecule has 35 heavy (non-hydrogen) atoms. The van der Waals surface area contributed by atoms with E-state index in [4.69, 9.17) is 18.9 Å². The fourth-order valence-electron chi connectivity index (χ4n) is 4.05. The van der Waals surface area contributed by atoms with Gasteiger partial charge in [0.15, 0.2) is 23.0 Å². The minimum atomic E-state index is 0.164. The lowest BCUT2D eigenvalue weighted by atomic mass is 10.1. The number of methoxy groups -OCH3 is 2. The van der Waals surface area contributed by atoms with Crippen LogP contribution in [0, 0.1) is 0 Å². The summed E-state index contributed by atoms with van der Waals surface area (Å²) in [6.07, 6.45) is 8.19. The predicted octanol–water partition coefficient (Wildman–Crippen LogP) is 4.69. The number of hydrogen-bond donors (Lipinski definition) is 1. The Morgan fingerprint density at radius 2 is 1.80 bits per heavy atom. The Morgan fingerprint density at radius 3 is 2.60 bits per heavy atom. The number of benzene rings is 2. The summed E-state index contributed by atoms with van der Waals surface area (Å²) >= 11 is 0. The van der Waals surface area contributed by atoms with Crippen LogP contribution < -0.4 is 24.3 Å². The zero-order valence-electron chi connectivity index (χ0n) is 21.2. The van der Waals surface area contributed by atoms with E-state index in [1.54, 1.807) is 14.2 Å². The molecule has 7 nitrogen and oxygen atoms in total. The normalized spacial score (nSPS) is 12.2. The van der Waals surface area contributed by atoms with Gasteiger partial charge >= 0.3 is 0 Å². The molecule has 0 fully saturated rings. The second kappa shape index (κ2) is 14.3. The Balaban J connectivity index is 1.33. The molecule has 2 aromatic rings. The second-order valence-electron chi connectivity index (χ2n) is 8.50. The summed E-state index contributed by atoms with van der Waals surface area (Å²) in [5.41, 5.74) is 2.24. The molecule has 2 aromatic carbocycles. The Morgan fingerprint density at radius 1 is 1.00 bits per heavy atom. The fraction of sp³-hybridized carbons (Fsp3) is 0.464. The first kappa shape index (κ1) is 26.4. The first-order valence-electron chi connectivity index (χ1n) is 12.4. The van der Waals surface area contributed by atoms with E-state index in [0.29, 0.717) is 6.42 Å². The lowest BCUT2D eigenvalue weighted by Crippen LogP contribution is -2.33. The number of carbonyl (C=O) groups excluding carboxylic acids is 1. The van der Waals surface area contributed by atoms with Gasteiger partial charge in [-0.05, 0) is 74.2 Å². The average molecular weight is 483 g/mol. The number of nitrogens with zero attached hydrogens (tertiary/aromatic N) is 1. The lowest BCUT2D eigenvalue weighted by molar-refractivity contribution is -0.130. The molecule has 0 radical (unpaired) electrons. The predicted molar refractivity (Wildman–Crippen MR) is 138 cm³/mol. The largest absolute Gasteiger partial charge is 0.493 e. The molecule has 0 bridgehead atoms. The molecule has 190 valence electrons. The first-order valence-corrected chi connectivity index (χ1v) is 12.4. The standard InChI is InChI=1S/C28H38N2O5/c1-4-17-30(28(31)10-5-8-22-12-14-25-27(20-22)35-21-34-25)18-7-16-29-15-6-9-23-11-13-24(32-2)26(19-23)33-3/h5,8,11-14,19-20,29H,4,6-7,9-10,15-18,21H2,1-3H3/b8-5+. The zero-order valence-corrected chi connectivity index (χ0v) is 21.2. The Kier molecular flexibility index (Phi) is 10.8. The van der Waals surface area contributed by atoms with Gasteiger partial charge in [0.05, 0.1) is 14.2 Å². The molecule has 7 heteroatoms. The Labute approximate surface area is 209 Å². The summed E-state index contributed by atoms with van der Waals surface area (Å²) in [5.74, 6) is 3.20. The third-order valence-corrected chi connectivity index (χ3v) is 5.89. The van der Waals surface area contributed by atoms with E-state index in [1.165, 1.54) is 5.56 Å². The third kappa shape index (κ3) is 8.21. The Bertz CT molecular complexity index is 976. The smallest absolute Gasteiger partial charge is 0.231 e. The van der Waals surface area contributed by atoms with Gasteiger partial charge in [0, 0.05) is 19.5 Å². The van der Waals surface area contributed by atoms with Crippen molar-refractivity contribution >= 4 is 12.0 Å². The van der Waals surface area contributed by atoms with Crippen LogP contribution in [-0.2, 0) is 11.2 Å². The van der Waals surface area contributed by atoms with E-state index in [9.17, 15) is 4.79 Å². The molecule has 0 saturated heterocycles. The zero-order chi connectivity index (χ0) is 24.9. The van der Waals surface area contributed by atoms with Gasteiger partial charge in [0.25, 0.3) is 0 Å². The van der Waals surface area contributed by atoms with Gasteiger partial charge in [0.2, 0.25) is 12.7 Å². The van der Waals surface area contributed by atoms with E-state index in [0.717, 1.165) is 80.4 Å². The number of fused-ring (bicyclic) bond motifs is 1. The molecule has 0 atom stereocenters. The highest BCUT2D eigenvalue weighted by molar-refractivity contribution is 5.78. The van der Waals surface area contributed by atoms with Crippen molar-refractivity contribution in [3.8, 4) is 23.0 Å². The summed E-state index contributed by atoms with van der Waals surface area (Å²) in [7, 11) is 3.31. The SMILES string of the molecule is CCCN(CCCNCCCc1ccc(OC)c(OC)c1)C(=O)C/C=C/c1ccc2c(c1)OCO2. The number of nitrogens with one attached hydrogen (secondary N) is 1. The highest BCUT2D eigenvalue weighted by Gasteiger charge is 2.13. The van der Waals surface area contributed by atoms with E-state index in [-0.39, 0.29) is 12.7 Å². The monoisotopic (exact) mass is 482 g/mol. The molecular weight excluding hydrogens is 444 g/mol. The molecule has 1 aliphatic rings. The van der Waals surface area contributed by atoms with Gasteiger partial charge in [-0.15, -0.1) is 0 Å². The minimum absolute atomic E-state index is 0.164. The minimum Gasteiger partial charge on any atom is -0.493 e. The average Bonchev–Trinajstić information content (AvgIpc) is 3.35. The maximum atomic E-state index is 12.7. The van der Waals surface area contributed by atoms with Crippen LogP contribution in [-0.4, -0.2) is 58.0 Å². The highest BCUT2D eigenvalue weighted by Crippen LogP contribution is 2.32. The molecule has 3 rings (SSSR count). The molecule has 0 aromatic heterocycles. The fourth-order valence-corrected chi connectivity index (χ4v) is 4.05. The quantitative estimate of drug-likeness (QED) is 0.372. The van der Waals surface area contributed by atoms with Crippen LogP contribution in [0.25, 0.3) is 6.08 Å². The summed E-state index contributed by atoms with van der Waals surface area (Å²) in [4.78, 5) is 14.7. The molecular formula is C28H38N2O5. The van der Waals surface area contributed by atoms with Gasteiger partial charge < -0.3 is 29.2 Å². The van der Waals surface area contributed by atoms with Crippen molar-refractivity contribution in [2.45, 2.75) is 39.0 Å². The topological polar surface area (TPSA) is 69.3 Å². The van der Waals surface area contributed by atoms with E-state index < -0.39 is 0 Å². The van der Waals surface area contributed by atoms with Crippen molar-refractivity contribution in [3.05, 3.63) is 53.6 Å². The highest BCUT2D eigenvalue weighted by atomic mass is 16.7. The number of carbonyl (C=O) groups is 1. The number of amides is 1. The summed E-state index contributed by atoms with van der Waals surface area (Å²) < 4.78 is 21.4. The second-order valence-corrected chi connectivity index (χ2v) is 8.50. The molecule has 0 saturated carbocycles. The van der Waals surface area contributed by atoms with Crippen LogP contribution in [0.3, 0.4) is 0 Å². The van der Waals surface area contributed by atoms with Gasteiger partial charge in [0.1, 0.15) is 0 Å². The number of hydrogen-bond acceptors (Lipinski definition) is 6. The van der Waals surface area contributed by atoms with E-state index in [2.05, 4.69) is 18.3 Å². The van der Waals surface area contributed by atoms with Crippen LogP contribution in [0.4, 0.5) is 0 Å². The first-order chi connectivity index (χ1) is 17.1. The molecule has 1 heterocycles. The van der Waals surface area contributed by atoms with Crippen molar-refractivity contribution < 1.29 is 23.7 Å². The van der Waals surface area contributed by atoms with Crippen molar-refractivity contribution in [2.75, 3.05) is 47.2 Å². The molecule has 0 unspecified atom stereocenters. The third-order valence-electron chi connectivity index (χ3n) is 5.89. The van der Waals surface area contributed by atoms with Crippen molar-refractivity contribution in [1.29, 1.82) is 0 Å². The summed E-state index contributed by atoms with van der Waals surface area (Å²) in [6.45, 7) is 5.76. The molecule has 0 aliphatic carbocycles.